The van der Waals surface area contributed by atoms with Crippen LogP contribution in [0.3, 0.4) is 0 Å². The van der Waals surface area contributed by atoms with Gasteiger partial charge in [0.1, 0.15) is 11.4 Å². The van der Waals surface area contributed by atoms with E-state index in [0.717, 1.165) is 10.0 Å². The fraction of sp³-hybridized carbons (Fsp3) is 0.0455. The van der Waals surface area contributed by atoms with Gasteiger partial charge in [-0.15, -0.1) is 0 Å². The maximum atomic E-state index is 13.4. The molecular weight excluding hydrogens is 456 g/mol. The number of hydrogen-bond donors (Lipinski definition) is 0. The van der Waals surface area contributed by atoms with E-state index >= 15 is 0 Å². The molecule has 0 N–H and O–H groups in total. The quantitative estimate of drug-likeness (QED) is 0.398. The summed E-state index contributed by atoms with van der Waals surface area (Å²) in [6, 6.07) is 16.9. The Bertz CT molecular complexity index is 1340. The molecule has 2 aromatic heterocycles. The Morgan fingerprint density at radius 1 is 1.03 bits per heavy atom. The topological polar surface area (TPSA) is 63.4 Å². The fourth-order valence-corrected chi connectivity index (χ4v) is 4.26. The lowest BCUT2D eigenvalue weighted by atomic mass is 9.98. The van der Waals surface area contributed by atoms with Crippen LogP contribution in [-0.4, -0.2) is 10.9 Å². The molecule has 142 valence electrons. The van der Waals surface area contributed by atoms with Gasteiger partial charge in [-0.1, -0.05) is 45.7 Å². The first-order valence-corrected chi connectivity index (χ1v) is 9.98. The highest BCUT2D eigenvalue weighted by atomic mass is 79.9. The Labute approximate surface area is 178 Å². The van der Waals surface area contributed by atoms with Crippen molar-refractivity contribution in [3.8, 4) is 0 Å². The van der Waals surface area contributed by atoms with Crippen LogP contribution in [0.15, 0.2) is 80.5 Å². The first-order valence-electron chi connectivity index (χ1n) is 8.81. The molecule has 0 fully saturated rings. The minimum absolute atomic E-state index is 0.0282. The van der Waals surface area contributed by atoms with Crippen molar-refractivity contribution in [3.05, 3.63) is 103 Å². The van der Waals surface area contributed by atoms with Gasteiger partial charge in [0, 0.05) is 15.7 Å². The number of amides is 1. The average Bonchev–Trinajstić information content (AvgIpc) is 3.02. The number of fused-ring (bicyclic) bond motifs is 2. The van der Waals surface area contributed by atoms with E-state index in [9.17, 15) is 9.59 Å². The van der Waals surface area contributed by atoms with E-state index in [4.69, 9.17) is 16.0 Å². The summed E-state index contributed by atoms with van der Waals surface area (Å²) in [7, 11) is 0. The third-order valence-corrected chi connectivity index (χ3v) is 5.62. The summed E-state index contributed by atoms with van der Waals surface area (Å²) in [4.78, 5) is 32.6. The molecule has 4 aromatic rings. The van der Waals surface area contributed by atoms with Gasteiger partial charge in [-0.05, 0) is 48.0 Å². The molecule has 1 atom stereocenters. The van der Waals surface area contributed by atoms with Crippen LogP contribution in [0.4, 0.5) is 5.82 Å². The van der Waals surface area contributed by atoms with Crippen LogP contribution in [0.25, 0.3) is 11.0 Å². The predicted molar refractivity (Wildman–Crippen MR) is 115 cm³/mol. The van der Waals surface area contributed by atoms with Crippen LogP contribution in [-0.2, 0) is 0 Å². The van der Waals surface area contributed by atoms with Gasteiger partial charge in [0.15, 0.2) is 5.43 Å². The van der Waals surface area contributed by atoms with Crippen molar-refractivity contribution in [1.29, 1.82) is 0 Å². The van der Waals surface area contributed by atoms with Gasteiger partial charge in [0.05, 0.1) is 17.0 Å². The van der Waals surface area contributed by atoms with E-state index in [1.54, 1.807) is 42.6 Å². The predicted octanol–water partition coefficient (Wildman–Crippen LogP) is 5.35. The minimum atomic E-state index is -0.662. The second-order valence-corrected chi connectivity index (χ2v) is 7.99. The zero-order valence-corrected chi connectivity index (χ0v) is 17.1. The molecule has 1 aliphatic rings. The molecule has 0 radical (unpaired) electrons. The molecule has 1 amide bonds. The Balaban J connectivity index is 1.84. The number of nitrogens with zero attached hydrogens (tertiary/aromatic N) is 2. The third kappa shape index (κ3) is 2.87. The summed E-state index contributed by atoms with van der Waals surface area (Å²) in [5.74, 6) is 0.0634. The summed E-state index contributed by atoms with van der Waals surface area (Å²) in [6.45, 7) is 0. The smallest absolute Gasteiger partial charge is 0.296 e. The van der Waals surface area contributed by atoms with Gasteiger partial charge in [-0.25, -0.2) is 4.98 Å². The monoisotopic (exact) mass is 466 g/mol. The Kier molecular flexibility index (Phi) is 4.26. The van der Waals surface area contributed by atoms with E-state index in [2.05, 4.69) is 20.9 Å². The van der Waals surface area contributed by atoms with Crippen LogP contribution in [0, 0.1) is 0 Å². The minimum Gasteiger partial charge on any atom is -0.450 e. The molecule has 7 heteroatoms. The normalized spacial score (nSPS) is 15.7. The third-order valence-electron chi connectivity index (χ3n) is 4.89. The molecule has 0 saturated carbocycles. The zero-order valence-electron chi connectivity index (χ0n) is 14.8. The lowest BCUT2D eigenvalue weighted by Gasteiger charge is -2.24. The van der Waals surface area contributed by atoms with Crippen molar-refractivity contribution in [2.75, 3.05) is 4.90 Å². The molecule has 1 aliphatic heterocycles. The standard InChI is InChI=1S/C22H12BrClN2O3/c23-13-5-3-4-12(10-13)19-18-20(27)15-11-14(24)7-8-16(15)29-21(18)22(28)26(19)17-6-1-2-9-25-17/h1-11,19H/t19-/m0/s1. The van der Waals surface area contributed by atoms with Crippen LogP contribution in [0.2, 0.25) is 5.02 Å². The van der Waals surface area contributed by atoms with Crippen molar-refractivity contribution in [2.24, 2.45) is 0 Å². The number of carbonyl (C=O) groups excluding carboxylic acids is 1. The van der Waals surface area contributed by atoms with E-state index in [-0.39, 0.29) is 16.8 Å². The second kappa shape index (κ2) is 6.83. The summed E-state index contributed by atoms with van der Waals surface area (Å²) in [5.41, 5.74) is 1.10. The molecule has 29 heavy (non-hydrogen) atoms. The molecule has 0 saturated heterocycles. The van der Waals surface area contributed by atoms with Crippen molar-refractivity contribution < 1.29 is 9.21 Å². The second-order valence-electron chi connectivity index (χ2n) is 6.64. The molecular formula is C22H12BrClN2O3. The first-order chi connectivity index (χ1) is 14.0. The Morgan fingerprint density at radius 3 is 2.66 bits per heavy atom. The number of benzene rings is 2. The molecule has 0 aliphatic carbocycles. The van der Waals surface area contributed by atoms with Gasteiger partial charge in [0.25, 0.3) is 5.91 Å². The Hall–Kier alpha value is -2.96. The maximum Gasteiger partial charge on any atom is 0.296 e. The number of pyridine rings is 1. The van der Waals surface area contributed by atoms with Crippen molar-refractivity contribution >= 4 is 50.2 Å². The first kappa shape index (κ1) is 18.1. The zero-order chi connectivity index (χ0) is 20.1. The van der Waals surface area contributed by atoms with Gasteiger partial charge < -0.3 is 4.42 Å². The van der Waals surface area contributed by atoms with Gasteiger partial charge >= 0.3 is 0 Å². The lowest BCUT2D eigenvalue weighted by Crippen LogP contribution is -2.30. The lowest BCUT2D eigenvalue weighted by molar-refractivity contribution is 0.0970. The molecule has 5 rings (SSSR count). The number of aromatic nitrogens is 1. The summed E-state index contributed by atoms with van der Waals surface area (Å²) in [5, 5.41) is 0.765. The number of hydrogen-bond acceptors (Lipinski definition) is 4. The largest absolute Gasteiger partial charge is 0.450 e. The van der Waals surface area contributed by atoms with Gasteiger partial charge in [0.2, 0.25) is 5.76 Å². The highest BCUT2D eigenvalue weighted by molar-refractivity contribution is 9.10. The number of anilines is 1. The van der Waals surface area contributed by atoms with Crippen molar-refractivity contribution in [3.63, 3.8) is 0 Å². The van der Waals surface area contributed by atoms with Crippen LogP contribution in [0.1, 0.15) is 27.7 Å². The van der Waals surface area contributed by atoms with E-state index < -0.39 is 11.9 Å². The fourth-order valence-electron chi connectivity index (χ4n) is 3.67. The number of carbonyl (C=O) groups is 1. The molecule has 0 bridgehead atoms. The molecule has 5 nitrogen and oxygen atoms in total. The van der Waals surface area contributed by atoms with Crippen LogP contribution < -0.4 is 10.3 Å². The maximum absolute atomic E-state index is 13.4. The number of rotatable bonds is 2. The van der Waals surface area contributed by atoms with E-state index in [0.29, 0.717) is 21.8 Å². The van der Waals surface area contributed by atoms with Crippen molar-refractivity contribution in [2.45, 2.75) is 6.04 Å². The van der Waals surface area contributed by atoms with Crippen LogP contribution in [0.5, 0.6) is 0 Å². The van der Waals surface area contributed by atoms with Gasteiger partial charge in [-0.3, -0.25) is 14.5 Å². The van der Waals surface area contributed by atoms with E-state index in [1.165, 1.54) is 4.90 Å². The SMILES string of the molecule is O=C1c2oc3ccc(Cl)cc3c(=O)c2[C@H](c2cccc(Br)c2)N1c1ccccn1. The number of halogens is 2. The van der Waals surface area contributed by atoms with Crippen molar-refractivity contribution in [1.82, 2.24) is 4.98 Å². The average molecular weight is 468 g/mol. The van der Waals surface area contributed by atoms with Crippen LogP contribution >= 0.6 is 27.5 Å². The summed E-state index contributed by atoms with van der Waals surface area (Å²) in [6.07, 6.45) is 1.61. The highest BCUT2D eigenvalue weighted by Gasteiger charge is 2.44. The molecule has 0 spiro atoms. The highest BCUT2D eigenvalue weighted by Crippen LogP contribution is 2.41. The summed E-state index contributed by atoms with van der Waals surface area (Å²) < 4.78 is 6.73. The molecule has 3 heterocycles. The Morgan fingerprint density at radius 2 is 1.90 bits per heavy atom. The van der Waals surface area contributed by atoms with E-state index in [1.807, 2.05) is 24.3 Å². The van der Waals surface area contributed by atoms with Gasteiger partial charge in [-0.2, -0.15) is 0 Å². The molecule has 0 unspecified atom stereocenters. The molecule has 2 aromatic carbocycles. The summed E-state index contributed by atoms with van der Waals surface area (Å²) >= 11 is 9.57.